The second kappa shape index (κ2) is 4.47. The fraction of sp³-hybridized carbons (Fsp3) is 0.154. The number of benzene rings is 1. The molecule has 96 valence electrons. The molecule has 0 radical (unpaired) electrons. The average molecular weight is 273 g/mol. The molecule has 19 heavy (non-hydrogen) atoms. The van der Waals surface area contributed by atoms with Crippen LogP contribution >= 0.6 is 11.3 Å². The predicted octanol–water partition coefficient (Wildman–Crippen LogP) is 2.32. The molecule has 0 spiro atoms. The van der Waals surface area contributed by atoms with Gasteiger partial charge in [0.2, 0.25) is 0 Å². The lowest BCUT2D eigenvalue weighted by atomic mass is 10.3. The Kier molecular flexibility index (Phi) is 2.79. The molecule has 1 aromatic carbocycles. The number of nitrogens with zero attached hydrogens (tertiary/aromatic N) is 3. The molecule has 0 amide bonds. The van der Waals surface area contributed by atoms with Crippen molar-refractivity contribution in [3.8, 4) is 11.5 Å². The maximum Gasteiger partial charge on any atom is 0.310 e. The van der Waals surface area contributed by atoms with Crippen LogP contribution in [0.2, 0.25) is 0 Å². The summed E-state index contributed by atoms with van der Waals surface area (Å²) in [6.45, 7) is 0. The number of aromatic nitrogens is 3. The van der Waals surface area contributed by atoms with E-state index in [0.29, 0.717) is 5.01 Å². The van der Waals surface area contributed by atoms with Crippen molar-refractivity contribution in [2.24, 2.45) is 7.05 Å². The van der Waals surface area contributed by atoms with Crippen molar-refractivity contribution in [3.63, 3.8) is 0 Å². The predicted molar refractivity (Wildman–Crippen MR) is 73.2 cm³/mol. The third kappa shape index (κ3) is 2.10. The van der Waals surface area contributed by atoms with E-state index < -0.39 is 5.97 Å². The van der Waals surface area contributed by atoms with Gasteiger partial charge >= 0.3 is 5.97 Å². The Morgan fingerprint density at radius 3 is 2.89 bits per heavy atom. The van der Waals surface area contributed by atoms with Crippen LogP contribution in [0.25, 0.3) is 22.6 Å². The van der Waals surface area contributed by atoms with Crippen molar-refractivity contribution < 1.29 is 9.90 Å². The molecule has 3 rings (SSSR count). The summed E-state index contributed by atoms with van der Waals surface area (Å²) in [6.07, 6.45) is -0.0470. The second-order valence-electron chi connectivity index (χ2n) is 4.18. The van der Waals surface area contributed by atoms with E-state index in [9.17, 15) is 4.79 Å². The zero-order valence-corrected chi connectivity index (χ0v) is 11.0. The number of hydrogen-bond donors (Lipinski definition) is 1. The maximum absolute atomic E-state index is 10.7. The minimum Gasteiger partial charge on any atom is -0.481 e. The highest BCUT2D eigenvalue weighted by molar-refractivity contribution is 7.10. The molecule has 0 saturated carbocycles. The van der Waals surface area contributed by atoms with Gasteiger partial charge in [-0.25, -0.2) is 9.97 Å². The Bertz CT molecular complexity index is 760. The van der Waals surface area contributed by atoms with Crippen LogP contribution in [0.4, 0.5) is 0 Å². The zero-order valence-electron chi connectivity index (χ0n) is 10.2. The second-order valence-corrected chi connectivity index (χ2v) is 5.12. The van der Waals surface area contributed by atoms with Crippen LogP contribution in [0, 0.1) is 0 Å². The monoisotopic (exact) mass is 273 g/mol. The van der Waals surface area contributed by atoms with Gasteiger partial charge in [-0.1, -0.05) is 12.1 Å². The molecule has 0 saturated heterocycles. The highest BCUT2D eigenvalue weighted by Gasteiger charge is 2.13. The average Bonchev–Trinajstić information content (AvgIpc) is 2.94. The van der Waals surface area contributed by atoms with Crippen LogP contribution < -0.4 is 0 Å². The van der Waals surface area contributed by atoms with Crippen LogP contribution in [0.15, 0.2) is 29.6 Å². The van der Waals surface area contributed by atoms with Crippen LogP contribution in [0.1, 0.15) is 5.01 Å². The summed E-state index contributed by atoms with van der Waals surface area (Å²) in [5.74, 6) is -0.111. The summed E-state index contributed by atoms with van der Waals surface area (Å²) < 4.78 is 1.97. The molecule has 0 aliphatic heterocycles. The summed E-state index contributed by atoms with van der Waals surface area (Å²) in [5.41, 5.74) is 2.66. The van der Waals surface area contributed by atoms with Crippen LogP contribution in [0.3, 0.4) is 0 Å². The highest BCUT2D eigenvalue weighted by atomic mass is 32.1. The Morgan fingerprint density at radius 1 is 1.37 bits per heavy atom. The fourth-order valence-electron chi connectivity index (χ4n) is 2.00. The number of aliphatic carboxylic acids is 1. The molecule has 1 N–H and O–H groups in total. The molecule has 0 unspecified atom stereocenters. The number of carboxylic acid groups (broad SMARTS) is 1. The lowest BCUT2D eigenvalue weighted by molar-refractivity contribution is -0.136. The van der Waals surface area contributed by atoms with Crippen molar-refractivity contribution in [2.75, 3.05) is 0 Å². The summed E-state index contributed by atoms with van der Waals surface area (Å²) in [4.78, 5) is 19.5. The Balaban J connectivity index is 2.06. The van der Waals surface area contributed by atoms with E-state index in [1.807, 2.05) is 41.3 Å². The van der Waals surface area contributed by atoms with E-state index >= 15 is 0 Å². The van der Waals surface area contributed by atoms with E-state index in [4.69, 9.17) is 5.11 Å². The smallest absolute Gasteiger partial charge is 0.310 e. The van der Waals surface area contributed by atoms with Crippen molar-refractivity contribution in [2.45, 2.75) is 6.42 Å². The van der Waals surface area contributed by atoms with Gasteiger partial charge < -0.3 is 9.67 Å². The van der Waals surface area contributed by atoms with Crippen LogP contribution in [0.5, 0.6) is 0 Å². The molecule has 0 atom stereocenters. The number of fused-ring (bicyclic) bond motifs is 1. The van der Waals surface area contributed by atoms with Gasteiger partial charge in [0, 0.05) is 12.4 Å². The lowest BCUT2D eigenvalue weighted by Crippen LogP contribution is -1.99. The third-order valence-electron chi connectivity index (χ3n) is 2.87. The molecule has 3 aromatic rings. The number of carbonyl (C=O) groups is 1. The normalized spacial score (nSPS) is 11.0. The summed E-state index contributed by atoms with van der Waals surface area (Å²) in [7, 11) is 1.93. The number of hydrogen-bond acceptors (Lipinski definition) is 4. The van der Waals surface area contributed by atoms with Gasteiger partial charge in [-0.05, 0) is 12.1 Å². The number of rotatable bonds is 3. The van der Waals surface area contributed by atoms with Gasteiger partial charge in [0.05, 0.1) is 17.5 Å². The minimum atomic E-state index is -0.870. The van der Waals surface area contributed by atoms with Gasteiger partial charge in [0.25, 0.3) is 0 Å². The molecular weight excluding hydrogens is 262 g/mol. The summed E-state index contributed by atoms with van der Waals surface area (Å²) in [5, 5.41) is 11.2. The molecular formula is C13H11N3O2S. The first-order chi connectivity index (χ1) is 9.15. The van der Waals surface area contributed by atoms with Crippen molar-refractivity contribution in [1.82, 2.24) is 14.5 Å². The first-order valence-corrected chi connectivity index (χ1v) is 6.61. The molecule has 0 aliphatic rings. The number of carboxylic acids is 1. The number of thiazole rings is 1. The van der Waals surface area contributed by atoms with Gasteiger partial charge in [-0.15, -0.1) is 11.3 Å². The quantitative estimate of drug-likeness (QED) is 0.795. The minimum absolute atomic E-state index is 0.0470. The van der Waals surface area contributed by atoms with E-state index in [1.165, 1.54) is 11.3 Å². The van der Waals surface area contributed by atoms with Gasteiger partial charge in [-0.3, -0.25) is 4.79 Å². The van der Waals surface area contributed by atoms with E-state index in [0.717, 1.165) is 22.6 Å². The molecule has 5 nitrogen and oxygen atoms in total. The number of imidazole rings is 1. The summed E-state index contributed by atoms with van der Waals surface area (Å²) in [6, 6.07) is 7.85. The van der Waals surface area contributed by atoms with E-state index in [2.05, 4.69) is 9.97 Å². The Hall–Kier alpha value is -2.21. The van der Waals surface area contributed by atoms with Crippen LogP contribution in [-0.4, -0.2) is 25.6 Å². The van der Waals surface area contributed by atoms with Gasteiger partial charge in [-0.2, -0.15) is 0 Å². The van der Waals surface area contributed by atoms with Crippen LogP contribution in [-0.2, 0) is 18.3 Å². The number of para-hydroxylation sites is 2. The first-order valence-electron chi connectivity index (χ1n) is 5.73. The molecule has 0 bridgehead atoms. The first kappa shape index (κ1) is 11.9. The van der Waals surface area contributed by atoms with Gasteiger partial charge in [0.15, 0.2) is 5.82 Å². The molecule has 0 aliphatic carbocycles. The number of aryl methyl sites for hydroxylation is 1. The lowest BCUT2D eigenvalue weighted by Gasteiger charge is -1.98. The fourth-order valence-corrected chi connectivity index (χ4v) is 2.76. The Labute approximate surface area is 113 Å². The molecule has 2 aromatic heterocycles. The maximum atomic E-state index is 10.7. The van der Waals surface area contributed by atoms with Crippen molar-refractivity contribution >= 4 is 28.3 Å². The molecule has 2 heterocycles. The van der Waals surface area contributed by atoms with Crippen molar-refractivity contribution in [3.05, 3.63) is 34.7 Å². The van der Waals surface area contributed by atoms with E-state index in [-0.39, 0.29) is 6.42 Å². The Morgan fingerprint density at radius 2 is 2.16 bits per heavy atom. The SMILES string of the molecule is Cn1c(-c2csc(CC(=O)O)n2)nc2ccccc21. The topological polar surface area (TPSA) is 68.0 Å². The van der Waals surface area contributed by atoms with Crippen molar-refractivity contribution in [1.29, 1.82) is 0 Å². The third-order valence-corrected chi connectivity index (χ3v) is 3.72. The highest BCUT2D eigenvalue weighted by Crippen LogP contribution is 2.25. The largest absolute Gasteiger partial charge is 0.481 e. The van der Waals surface area contributed by atoms with E-state index in [1.54, 1.807) is 0 Å². The zero-order chi connectivity index (χ0) is 13.4. The molecule has 0 fully saturated rings. The molecule has 6 heteroatoms. The van der Waals surface area contributed by atoms with Gasteiger partial charge in [0.1, 0.15) is 10.7 Å². The standard InChI is InChI=1S/C13H11N3O2S/c1-16-10-5-3-2-4-8(10)15-13(16)9-7-19-11(14-9)6-12(17)18/h2-5,7H,6H2,1H3,(H,17,18). The summed E-state index contributed by atoms with van der Waals surface area (Å²) >= 11 is 1.35.